The predicted octanol–water partition coefficient (Wildman–Crippen LogP) is 6.44. The Bertz CT molecular complexity index is 1140. The fourth-order valence-corrected chi connectivity index (χ4v) is 5.04. The highest BCUT2D eigenvalue weighted by Crippen LogP contribution is 2.20. The van der Waals surface area contributed by atoms with Crippen LogP contribution in [0.1, 0.15) is 42.5 Å². The van der Waals surface area contributed by atoms with E-state index in [0.29, 0.717) is 18.0 Å². The number of halogens is 1. The first-order valence-corrected chi connectivity index (χ1v) is 13.9. The average molecular weight is 523 g/mol. The Balaban J connectivity index is 1.85. The molecule has 0 heterocycles. The van der Waals surface area contributed by atoms with Crippen molar-refractivity contribution >= 4 is 35.2 Å². The number of nitrogens with one attached hydrogen (secondary N) is 1. The summed E-state index contributed by atoms with van der Waals surface area (Å²) >= 11 is 7.81. The van der Waals surface area contributed by atoms with Crippen LogP contribution in [0.4, 0.5) is 0 Å². The van der Waals surface area contributed by atoms with Crippen molar-refractivity contribution < 1.29 is 9.59 Å². The van der Waals surface area contributed by atoms with Crippen LogP contribution in [0.2, 0.25) is 5.02 Å². The maximum atomic E-state index is 13.7. The number of aryl methyl sites for hydroxylation is 1. The number of carbonyl (C=O) groups is 2. The molecule has 0 aliphatic heterocycles. The van der Waals surface area contributed by atoms with Crippen molar-refractivity contribution in [2.24, 2.45) is 0 Å². The second kappa shape index (κ2) is 14.1. The van der Waals surface area contributed by atoms with Crippen LogP contribution in [-0.2, 0) is 28.3 Å². The van der Waals surface area contributed by atoms with Gasteiger partial charge in [0.2, 0.25) is 11.8 Å². The molecule has 4 nitrogen and oxygen atoms in total. The molecule has 0 aromatic heterocycles. The fourth-order valence-electron chi connectivity index (χ4n) is 3.97. The smallest absolute Gasteiger partial charge is 0.243 e. The largest absolute Gasteiger partial charge is 0.352 e. The quantitative estimate of drug-likeness (QED) is 0.298. The number of hydrogen-bond donors (Lipinski definition) is 1. The van der Waals surface area contributed by atoms with E-state index >= 15 is 0 Å². The SMILES string of the molecule is CCC(C)NC(=O)C(Cc1ccccc1)N(Cc1cccc(Cl)c1)C(=O)CSCc1cccc(C)c1. The van der Waals surface area contributed by atoms with E-state index in [1.165, 1.54) is 11.1 Å². The first-order valence-electron chi connectivity index (χ1n) is 12.4. The molecule has 2 atom stereocenters. The van der Waals surface area contributed by atoms with Crippen molar-refractivity contribution in [1.82, 2.24) is 10.2 Å². The predicted molar refractivity (Wildman–Crippen MR) is 151 cm³/mol. The summed E-state index contributed by atoms with van der Waals surface area (Å²) in [5, 5.41) is 3.71. The van der Waals surface area contributed by atoms with Gasteiger partial charge in [-0.3, -0.25) is 9.59 Å². The number of benzene rings is 3. The van der Waals surface area contributed by atoms with Crippen LogP contribution in [0.15, 0.2) is 78.9 Å². The molecule has 0 saturated heterocycles. The minimum atomic E-state index is -0.632. The lowest BCUT2D eigenvalue weighted by atomic mass is 10.0. The van der Waals surface area contributed by atoms with E-state index in [0.717, 1.165) is 23.3 Å². The first kappa shape index (κ1) is 27.8. The Morgan fingerprint density at radius 2 is 1.64 bits per heavy atom. The van der Waals surface area contributed by atoms with Crippen LogP contribution >= 0.6 is 23.4 Å². The lowest BCUT2D eigenvalue weighted by molar-refractivity contribution is -0.139. The molecule has 3 rings (SSSR count). The van der Waals surface area contributed by atoms with Crippen molar-refractivity contribution in [1.29, 1.82) is 0 Å². The average Bonchev–Trinajstić information content (AvgIpc) is 2.86. The standard InChI is InChI=1S/C30H35ClN2O2S/c1-4-23(3)32-30(35)28(18-24-11-6-5-7-12-24)33(19-25-13-9-15-27(31)17-25)29(34)21-36-20-26-14-8-10-22(2)16-26/h5-17,23,28H,4,18-21H2,1-3H3,(H,32,35). The zero-order valence-electron chi connectivity index (χ0n) is 21.2. The van der Waals surface area contributed by atoms with Gasteiger partial charge in [-0.25, -0.2) is 0 Å². The highest BCUT2D eigenvalue weighted by atomic mass is 35.5. The number of rotatable bonds is 12. The van der Waals surface area contributed by atoms with Gasteiger partial charge in [0.15, 0.2) is 0 Å². The molecule has 36 heavy (non-hydrogen) atoms. The van der Waals surface area contributed by atoms with Crippen LogP contribution in [0.25, 0.3) is 0 Å². The maximum absolute atomic E-state index is 13.7. The Labute approximate surface area is 224 Å². The van der Waals surface area contributed by atoms with Crippen LogP contribution in [0.5, 0.6) is 0 Å². The summed E-state index contributed by atoms with van der Waals surface area (Å²) < 4.78 is 0. The van der Waals surface area contributed by atoms with E-state index in [1.54, 1.807) is 16.7 Å². The number of amides is 2. The van der Waals surface area contributed by atoms with E-state index in [-0.39, 0.29) is 23.6 Å². The minimum Gasteiger partial charge on any atom is -0.352 e. The molecule has 3 aromatic carbocycles. The van der Waals surface area contributed by atoms with Gasteiger partial charge in [-0.05, 0) is 49.1 Å². The number of carbonyl (C=O) groups excluding carboxylic acids is 2. The Hall–Kier alpha value is -2.76. The third kappa shape index (κ3) is 8.72. The molecule has 0 bridgehead atoms. The molecular weight excluding hydrogens is 488 g/mol. The summed E-state index contributed by atoms with van der Waals surface area (Å²) in [7, 11) is 0. The molecule has 0 radical (unpaired) electrons. The van der Waals surface area contributed by atoms with E-state index in [2.05, 4.69) is 30.4 Å². The van der Waals surface area contributed by atoms with Crippen LogP contribution < -0.4 is 5.32 Å². The molecule has 2 unspecified atom stereocenters. The highest BCUT2D eigenvalue weighted by Gasteiger charge is 2.30. The van der Waals surface area contributed by atoms with Gasteiger partial charge in [0.25, 0.3) is 0 Å². The molecule has 2 amide bonds. The topological polar surface area (TPSA) is 49.4 Å². The first-order chi connectivity index (χ1) is 17.4. The lowest BCUT2D eigenvalue weighted by Gasteiger charge is -2.32. The Kier molecular flexibility index (Phi) is 10.9. The van der Waals surface area contributed by atoms with Gasteiger partial charge in [-0.1, -0.05) is 90.8 Å². The van der Waals surface area contributed by atoms with Crippen molar-refractivity contribution in [3.05, 3.63) is 106 Å². The van der Waals surface area contributed by atoms with Crippen LogP contribution in [0.3, 0.4) is 0 Å². The third-order valence-electron chi connectivity index (χ3n) is 6.09. The van der Waals surface area contributed by atoms with Crippen LogP contribution in [-0.4, -0.2) is 34.6 Å². The molecule has 6 heteroatoms. The van der Waals surface area contributed by atoms with Gasteiger partial charge >= 0.3 is 0 Å². The molecule has 1 N–H and O–H groups in total. The van der Waals surface area contributed by atoms with Gasteiger partial charge in [0.1, 0.15) is 6.04 Å². The number of thioether (sulfide) groups is 1. The molecule has 0 aliphatic rings. The molecular formula is C30H35ClN2O2S. The minimum absolute atomic E-state index is 0.0228. The summed E-state index contributed by atoms with van der Waals surface area (Å²) in [5.41, 5.74) is 4.29. The summed E-state index contributed by atoms with van der Waals surface area (Å²) in [5.74, 6) is 0.831. The second-order valence-electron chi connectivity index (χ2n) is 9.16. The van der Waals surface area contributed by atoms with E-state index < -0.39 is 6.04 Å². The van der Waals surface area contributed by atoms with Gasteiger partial charge in [0, 0.05) is 29.8 Å². The van der Waals surface area contributed by atoms with Crippen molar-refractivity contribution in [3.8, 4) is 0 Å². The second-order valence-corrected chi connectivity index (χ2v) is 10.6. The third-order valence-corrected chi connectivity index (χ3v) is 7.31. The number of nitrogens with zero attached hydrogens (tertiary/aromatic N) is 1. The summed E-state index contributed by atoms with van der Waals surface area (Å²) in [6, 6.07) is 25.1. The van der Waals surface area contributed by atoms with E-state index in [4.69, 9.17) is 11.6 Å². The lowest BCUT2D eigenvalue weighted by Crippen LogP contribution is -2.52. The molecule has 0 fully saturated rings. The van der Waals surface area contributed by atoms with Crippen molar-refractivity contribution in [2.45, 2.75) is 58.0 Å². The van der Waals surface area contributed by atoms with Gasteiger partial charge in [-0.15, -0.1) is 11.8 Å². The summed E-state index contributed by atoms with van der Waals surface area (Å²) in [4.78, 5) is 28.9. The monoisotopic (exact) mass is 522 g/mol. The summed E-state index contributed by atoms with van der Waals surface area (Å²) in [6.07, 6.45) is 1.26. The van der Waals surface area contributed by atoms with E-state index in [9.17, 15) is 9.59 Å². The normalized spacial score (nSPS) is 12.6. The molecule has 3 aromatic rings. The molecule has 0 aliphatic carbocycles. The highest BCUT2D eigenvalue weighted by molar-refractivity contribution is 7.99. The molecule has 0 saturated carbocycles. The van der Waals surface area contributed by atoms with Gasteiger partial charge in [-0.2, -0.15) is 0 Å². The Morgan fingerprint density at radius 1 is 0.944 bits per heavy atom. The molecule has 0 spiro atoms. The van der Waals surface area contributed by atoms with E-state index in [1.807, 2.05) is 74.5 Å². The zero-order valence-corrected chi connectivity index (χ0v) is 22.8. The zero-order chi connectivity index (χ0) is 25.9. The Morgan fingerprint density at radius 3 is 2.33 bits per heavy atom. The van der Waals surface area contributed by atoms with Gasteiger partial charge in [0.05, 0.1) is 5.75 Å². The molecule has 190 valence electrons. The van der Waals surface area contributed by atoms with Crippen molar-refractivity contribution in [2.75, 3.05) is 5.75 Å². The van der Waals surface area contributed by atoms with Gasteiger partial charge < -0.3 is 10.2 Å². The number of hydrogen-bond acceptors (Lipinski definition) is 3. The maximum Gasteiger partial charge on any atom is 0.243 e. The van der Waals surface area contributed by atoms with Crippen molar-refractivity contribution in [3.63, 3.8) is 0 Å². The summed E-state index contributed by atoms with van der Waals surface area (Å²) in [6.45, 7) is 6.40. The fraction of sp³-hybridized carbons (Fsp3) is 0.333. The van der Waals surface area contributed by atoms with Crippen LogP contribution in [0, 0.1) is 6.92 Å².